The molecule has 1 saturated heterocycles. The fourth-order valence-corrected chi connectivity index (χ4v) is 3.23. The number of amides is 1. The summed E-state index contributed by atoms with van der Waals surface area (Å²) in [5.41, 5.74) is 1.53. The first-order chi connectivity index (χ1) is 11.6. The van der Waals surface area contributed by atoms with E-state index in [-0.39, 0.29) is 16.8 Å². The Kier molecular flexibility index (Phi) is 5.72. The van der Waals surface area contributed by atoms with Crippen LogP contribution in [0.5, 0.6) is 0 Å². The SMILES string of the molecule is O=C(c1nc(Cl)ccc1Cl)N1CCCN(Cc2ccccc2)CC1. The number of nitrogens with zero attached hydrogens (tertiary/aromatic N) is 3. The lowest BCUT2D eigenvalue weighted by Crippen LogP contribution is -2.35. The minimum absolute atomic E-state index is 0.149. The molecule has 0 saturated carbocycles. The Morgan fingerprint density at radius 1 is 1.00 bits per heavy atom. The van der Waals surface area contributed by atoms with Gasteiger partial charge in [-0.3, -0.25) is 9.69 Å². The summed E-state index contributed by atoms with van der Waals surface area (Å²) in [5, 5.41) is 0.623. The second-order valence-electron chi connectivity index (χ2n) is 5.87. The van der Waals surface area contributed by atoms with E-state index in [2.05, 4.69) is 34.1 Å². The predicted octanol–water partition coefficient (Wildman–Crippen LogP) is 3.74. The van der Waals surface area contributed by atoms with Gasteiger partial charge in [0.2, 0.25) is 0 Å². The number of pyridine rings is 1. The summed E-state index contributed by atoms with van der Waals surface area (Å²) in [4.78, 5) is 21.0. The fraction of sp³-hybridized carbons (Fsp3) is 0.333. The quantitative estimate of drug-likeness (QED) is 0.779. The van der Waals surface area contributed by atoms with Crippen molar-refractivity contribution in [2.75, 3.05) is 26.2 Å². The maximum absolute atomic E-state index is 12.7. The highest BCUT2D eigenvalue weighted by molar-refractivity contribution is 6.34. The number of hydrogen-bond donors (Lipinski definition) is 0. The number of rotatable bonds is 3. The first-order valence-corrected chi connectivity index (χ1v) is 8.76. The summed E-state index contributed by atoms with van der Waals surface area (Å²) >= 11 is 12.0. The highest BCUT2D eigenvalue weighted by Gasteiger charge is 2.23. The average molecular weight is 364 g/mol. The van der Waals surface area contributed by atoms with Gasteiger partial charge in [0, 0.05) is 32.7 Å². The van der Waals surface area contributed by atoms with E-state index in [0.717, 1.165) is 26.1 Å². The molecule has 24 heavy (non-hydrogen) atoms. The van der Waals surface area contributed by atoms with Crippen molar-refractivity contribution in [2.45, 2.75) is 13.0 Å². The van der Waals surface area contributed by atoms with E-state index in [1.165, 1.54) is 5.56 Å². The number of aromatic nitrogens is 1. The van der Waals surface area contributed by atoms with E-state index in [0.29, 0.717) is 18.1 Å². The Labute approximate surface area is 152 Å². The predicted molar refractivity (Wildman–Crippen MR) is 96.5 cm³/mol. The first-order valence-electron chi connectivity index (χ1n) is 8.01. The van der Waals surface area contributed by atoms with Crippen LogP contribution in [0.3, 0.4) is 0 Å². The van der Waals surface area contributed by atoms with Gasteiger partial charge < -0.3 is 4.90 Å². The van der Waals surface area contributed by atoms with Crippen molar-refractivity contribution in [1.29, 1.82) is 0 Å². The minimum atomic E-state index is -0.149. The molecule has 4 nitrogen and oxygen atoms in total. The van der Waals surface area contributed by atoms with Crippen LogP contribution in [-0.4, -0.2) is 46.9 Å². The lowest BCUT2D eigenvalue weighted by molar-refractivity contribution is 0.0755. The van der Waals surface area contributed by atoms with E-state index in [1.807, 2.05) is 11.0 Å². The molecule has 3 rings (SSSR count). The lowest BCUT2D eigenvalue weighted by atomic mass is 10.2. The molecule has 126 valence electrons. The monoisotopic (exact) mass is 363 g/mol. The van der Waals surface area contributed by atoms with Crippen LogP contribution in [0.1, 0.15) is 22.5 Å². The zero-order chi connectivity index (χ0) is 16.9. The zero-order valence-corrected chi connectivity index (χ0v) is 14.8. The van der Waals surface area contributed by atoms with Crippen LogP contribution in [0.2, 0.25) is 10.2 Å². The smallest absolute Gasteiger partial charge is 0.274 e. The maximum atomic E-state index is 12.7. The molecule has 1 amide bonds. The Hall–Kier alpha value is -1.62. The van der Waals surface area contributed by atoms with Gasteiger partial charge in [0.05, 0.1) is 5.02 Å². The third-order valence-corrected chi connectivity index (χ3v) is 4.65. The van der Waals surface area contributed by atoms with Crippen LogP contribution >= 0.6 is 23.2 Å². The van der Waals surface area contributed by atoms with Crippen LogP contribution in [0, 0.1) is 0 Å². The molecule has 1 fully saturated rings. The molecule has 6 heteroatoms. The average Bonchev–Trinajstić information content (AvgIpc) is 2.83. The van der Waals surface area contributed by atoms with E-state index in [1.54, 1.807) is 12.1 Å². The summed E-state index contributed by atoms with van der Waals surface area (Å²) in [7, 11) is 0. The molecule has 2 aromatic rings. The molecule has 0 N–H and O–H groups in total. The standard InChI is InChI=1S/C18H19Cl2N3O/c19-15-7-8-16(20)21-17(15)18(24)23-10-4-9-22(11-12-23)13-14-5-2-1-3-6-14/h1-3,5-8H,4,9-13H2. The molecular formula is C18H19Cl2N3O. The van der Waals surface area contributed by atoms with Crippen molar-refractivity contribution >= 4 is 29.1 Å². The van der Waals surface area contributed by atoms with Crippen LogP contribution in [0.25, 0.3) is 0 Å². The number of halogens is 2. The van der Waals surface area contributed by atoms with Crippen LogP contribution in [0.4, 0.5) is 0 Å². The van der Waals surface area contributed by atoms with E-state index in [4.69, 9.17) is 23.2 Å². The van der Waals surface area contributed by atoms with Gasteiger partial charge in [0.1, 0.15) is 10.8 Å². The van der Waals surface area contributed by atoms with Crippen LogP contribution in [0.15, 0.2) is 42.5 Å². The van der Waals surface area contributed by atoms with E-state index < -0.39 is 0 Å². The van der Waals surface area contributed by atoms with Gasteiger partial charge in [-0.1, -0.05) is 53.5 Å². The summed E-state index contributed by atoms with van der Waals surface area (Å²) < 4.78 is 0. The van der Waals surface area contributed by atoms with Gasteiger partial charge in [-0.05, 0) is 24.1 Å². The van der Waals surface area contributed by atoms with Crippen molar-refractivity contribution in [1.82, 2.24) is 14.8 Å². The van der Waals surface area contributed by atoms with Crippen molar-refractivity contribution in [2.24, 2.45) is 0 Å². The molecular weight excluding hydrogens is 345 g/mol. The van der Waals surface area contributed by atoms with E-state index in [9.17, 15) is 4.79 Å². The second-order valence-corrected chi connectivity index (χ2v) is 6.67. The molecule has 1 aliphatic rings. The molecule has 0 atom stereocenters. The number of hydrogen-bond acceptors (Lipinski definition) is 3. The second kappa shape index (κ2) is 7.97. The summed E-state index contributed by atoms with van der Waals surface area (Å²) in [5.74, 6) is -0.149. The summed E-state index contributed by atoms with van der Waals surface area (Å²) in [6.45, 7) is 4.07. The van der Waals surface area contributed by atoms with Gasteiger partial charge in [-0.15, -0.1) is 0 Å². The third-order valence-electron chi connectivity index (χ3n) is 4.14. The Bertz CT molecular complexity index is 709. The van der Waals surface area contributed by atoms with Gasteiger partial charge >= 0.3 is 0 Å². The molecule has 1 aromatic heterocycles. The van der Waals surface area contributed by atoms with Crippen molar-refractivity contribution in [3.63, 3.8) is 0 Å². The largest absolute Gasteiger partial charge is 0.336 e. The summed E-state index contributed by atoms with van der Waals surface area (Å²) in [6.07, 6.45) is 0.927. The molecule has 0 radical (unpaired) electrons. The van der Waals surface area contributed by atoms with Gasteiger partial charge in [0.15, 0.2) is 0 Å². The number of carbonyl (C=O) groups excluding carboxylic acids is 1. The number of benzene rings is 1. The molecule has 0 bridgehead atoms. The molecule has 0 unspecified atom stereocenters. The lowest BCUT2D eigenvalue weighted by Gasteiger charge is -2.22. The van der Waals surface area contributed by atoms with Crippen LogP contribution < -0.4 is 0 Å². The molecule has 0 aliphatic carbocycles. The van der Waals surface area contributed by atoms with Crippen molar-refractivity contribution < 1.29 is 4.79 Å². The molecule has 0 spiro atoms. The third kappa shape index (κ3) is 4.26. The van der Waals surface area contributed by atoms with E-state index >= 15 is 0 Å². The van der Waals surface area contributed by atoms with Gasteiger partial charge in [-0.25, -0.2) is 4.98 Å². The topological polar surface area (TPSA) is 36.4 Å². The highest BCUT2D eigenvalue weighted by Crippen LogP contribution is 2.19. The molecule has 1 aromatic carbocycles. The van der Waals surface area contributed by atoms with Crippen molar-refractivity contribution in [3.05, 3.63) is 63.9 Å². The summed E-state index contributed by atoms with van der Waals surface area (Å²) in [6, 6.07) is 13.6. The first kappa shape index (κ1) is 17.2. The normalized spacial score (nSPS) is 16.0. The highest BCUT2D eigenvalue weighted by atomic mass is 35.5. The van der Waals surface area contributed by atoms with Crippen molar-refractivity contribution in [3.8, 4) is 0 Å². The Balaban J connectivity index is 1.65. The number of carbonyl (C=O) groups is 1. The van der Waals surface area contributed by atoms with Gasteiger partial charge in [-0.2, -0.15) is 0 Å². The Morgan fingerprint density at radius 3 is 2.58 bits per heavy atom. The Morgan fingerprint density at radius 2 is 1.79 bits per heavy atom. The van der Waals surface area contributed by atoms with Crippen LogP contribution in [-0.2, 0) is 6.54 Å². The zero-order valence-electron chi connectivity index (χ0n) is 13.3. The minimum Gasteiger partial charge on any atom is -0.336 e. The fourth-order valence-electron chi connectivity index (χ4n) is 2.89. The molecule has 1 aliphatic heterocycles. The van der Waals surface area contributed by atoms with Gasteiger partial charge in [0.25, 0.3) is 5.91 Å². The molecule has 2 heterocycles. The maximum Gasteiger partial charge on any atom is 0.274 e.